The molecule has 2 nitrogen and oxygen atoms in total. The fourth-order valence-corrected chi connectivity index (χ4v) is 2.50. The Labute approximate surface area is 120 Å². The Morgan fingerprint density at radius 1 is 1.05 bits per heavy atom. The Hall–Kier alpha value is -1.67. The molecular weight excluding hydrogens is 256 g/mol. The van der Waals surface area contributed by atoms with E-state index in [1.54, 1.807) is 0 Å². The van der Waals surface area contributed by atoms with Crippen LogP contribution >= 0.6 is 12.4 Å². The molecule has 0 radical (unpaired) electrons. The van der Waals surface area contributed by atoms with Crippen molar-refractivity contribution < 1.29 is 0 Å². The van der Waals surface area contributed by atoms with Crippen LogP contribution in [0.3, 0.4) is 0 Å². The predicted molar refractivity (Wildman–Crippen MR) is 84.3 cm³/mol. The molecule has 0 amide bonds. The molecule has 0 spiro atoms. The van der Waals surface area contributed by atoms with Crippen molar-refractivity contribution in [3.8, 4) is 0 Å². The first-order valence-corrected chi connectivity index (χ1v) is 6.48. The van der Waals surface area contributed by atoms with Crippen LogP contribution in [0.4, 0.5) is 11.4 Å². The van der Waals surface area contributed by atoms with Gasteiger partial charge in [0.15, 0.2) is 0 Å². The Kier molecular flexibility index (Phi) is 4.33. The predicted octanol–water partition coefficient (Wildman–Crippen LogP) is 3.93. The minimum Gasteiger partial charge on any atom is -0.381 e. The number of nitrogens with zero attached hydrogens (tertiary/aromatic N) is 1. The van der Waals surface area contributed by atoms with Gasteiger partial charge in [-0.25, -0.2) is 0 Å². The Balaban J connectivity index is 0.00000133. The second kappa shape index (κ2) is 5.98. The van der Waals surface area contributed by atoms with E-state index in [4.69, 9.17) is 0 Å². The SMILES string of the molecule is CC1CNc2ccccc2N1Cc1ccccc1.Cl. The van der Waals surface area contributed by atoms with E-state index >= 15 is 0 Å². The summed E-state index contributed by atoms with van der Waals surface area (Å²) in [7, 11) is 0. The average Bonchev–Trinajstić information content (AvgIpc) is 2.43. The first-order chi connectivity index (χ1) is 8.84. The zero-order valence-electron chi connectivity index (χ0n) is 11.0. The lowest BCUT2D eigenvalue weighted by molar-refractivity contribution is 0.641. The third-order valence-electron chi connectivity index (χ3n) is 3.53. The van der Waals surface area contributed by atoms with Gasteiger partial charge in [0.05, 0.1) is 11.4 Å². The van der Waals surface area contributed by atoms with Gasteiger partial charge in [-0.05, 0) is 24.6 Å². The van der Waals surface area contributed by atoms with Gasteiger partial charge in [-0.15, -0.1) is 12.4 Å². The Morgan fingerprint density at radius 2 is 1.74 bits per heavy atom. The van der Waals surface area contributed by atoms with Crippen molar-refractivity contribution in [3.63, 3.8) is 0 Å². The molecule has 19 heavy (non-hydrogen) atoms. The molecule has 3 heteroatoms. The molecule has 100 valence electrons. The lowest BCUT2D eigenvalue weighted by Crippen LogP contribution is -2.41. The van der Waals surface area contributed by atoms with Crippen LogP contribution in [0, 0.1) is 0 Å². The molecule has 0 bridgehead atoms. The highest BCUT2D eigenvalue weighted by atomic mass is 35.5. The van der Waals surface area contributed by atoms with E-state index in [1.165, 1.54) is 16.9 Å². The zero-order valence-corrected chi connectivity index (χ0v) is 11.9. The van der Waals surface area contributed by atoms with Gasteiger partial charge in [-0.3, -0.25) is 0 Å². The van der Waals surface area contributed by atoms with Gasteiger partial charge in [0.25, 0.3) is 0 Å². The summed E-state index contributed by atoms with van der Waals surface area (Å²) in [5, 5.41) is 3.49. The monoisotopic (exact) mass is 274 g/mol. The molecule has 2 aromatic carbocycles. The molecule has 2 aromatic rings. The van der Waals surface area contributed by atoms with Crippen molar-refractivity contribution in [2.45, 2.75) is 19.5 Å². The van der Waals surface area contributed by atoms with Gasteiger partial charge >= 0.3 is 0 Å². The summed E-state index contributed by atoms with van der Waals surface area (Å²) < 4.78 is 0. The van der Waals surface area contributed by atoms with Crippen molar-refractivity contribution in [2.24, 2.45) is 0 Å². The quantitative estimate of drug-likeness (QED) is 0.893. The molecule has 1 heterocycles. The maximum absolute atomic E-state index is 3.49. The fourth-order valence-electron chi connectivity index (χ4n) is 2.50. The van der Waals surface area contributed by atoms with E-state index in [2.05, 4.69) is 71.7 Å². The fraction of sp³-hybridized carbons (Fsp3) is 0.250. The van der Waals surface area contributed by atoms with Gasteiger partial charge in [0.1, 0.15) is 0 Å². The topological polar surface area (TPSA) is 15.3 Å². The van der Waals surface area contributed by atoms with E-state index in [-0.39, 0.29) is 12.4 Å². The second-order valence-corrected chi connectivity index (χ2v) is 4.86. The number of benzene rings is 2. The molecule has 0 saturated carbocycles. The second-order valence-electron chi connectivity index (χ2n) is 4.86. The lowest BCUT2D eigenvalue weighted by Gasteiger charge is -2.37. The van der Waals surface area contributed by atoms with Crippen LogP contribution in [-0.4, -0.2) is 12.6 Å². The largest absolute Gasteiger partial charge is 0.381 e. The van der Waals surface area contributed by atoms with Crippen LogP contribution < -0.4 is 10.2 Å². The molecular formula is C16H19ClN2. The number of hydrogen-bond donors (Lipinski definition) is 1. The molecule has 1 atom stereocenters. The molecule has 1 unspecified atom stereocenters. The average molecular weight is 275 g/mol. The minimum atomic E-state index is 0. The number of para-hydroxylation sites is 2. The molecule has 3 rings (SSSR count). The van der Waals surface area contributed by atoms with E-state index in [0.717, 1.165) is 13.1 Å². The maximum Gasteiger partial charge on any atom is 0.0608 e. The van der Waals surface area contributed by atoms with Crippen molar-refractivity contribution in [3.05, 3.63) is 60.2 Å². The molecule has 1 N–H and O–H groups in total. The standard InChI is InChI=1S/C16H18N2.ClH/c1-13-11-17-15-9-5-6-10-16(15)18(13)12-14-7-3-2-4-8-14;/h2-10,13,17H,11-12H2,1H3;1H. The van der Waals surface area contributed by atoms with E-state index in [0.29, 0.717) is 6.04 Å². The summed E-state index contributed by atoms with van der Waals surface area (Å²) in [6.07, 6.45) is 0. The van der Waals surface area contributed by atoms with E-state index in [9.17, 15) is 0 Å². The van der Waals surface area contributed by atoms with Crippen LogP contribution in [0.15, 0.2) is 54.6 Å². The van der Waals surface area contributed by atoms with Crippen molar-refractivity contribution in [2.75, 3.05) is 16.8 Å². The zero-order chi connectivity index (χ0) is 12.4. The smallest absolute Gasteiger partial charge is 0.0608 e. The number of fused-ring (bicyclic) bond motifs is 1. The highest BCUT2D eigenvalue weighted by Gasteiger charge is 2.22. The Bertz CT molecular complexity index is 527. The number of nitrogens with one attached hydrogen (secondary N) is 1. The minimum absolute atomic E-state index is 0. The van der Waals surface area contributed by atoms with Crippen LogP contribution in [-0.2, 0) is 6.54 Å². The van der Waals surface area contributed by atoms with E-state index < -0.39 is 0 Å². The highest BCUT2D eigenvalue weighted by Crippen LogP contribution is 2.32. The molecule has 0 saturated heterocycles. The maximum atomic E-state index is 3.49. The molecule has 1 aliphatic rings. The van der Waals surface area contributed by atoms with Gasteiger partial charge in [-0.1, -0.05) is 42.5 Å². The molecule has 0 aliphatic carbocycles. The summed E-state index contributed by atoms with van der Waals surface area (Å²) >= 11 is 0. The first kappa shape index (κ1) is 13.8. The summed E-state index contributed by atoms with van der Waals surface area (Å²) in [6, 6.07) is 19.7. The van der Waals surface area contributed by atoms with Crippen LogP contribution in [0.1, 0.15) is 12.5 Å². The summed E-state index contributed by atoms with van der Waals surface area (Å²) in [6.45, 7) is 4.25. The molecule has 0 aromatic heterocycles. The van der Waals surface area contributed by atoms with Crippen molar-refractivity contribution >= 4 is 23.8 Å². The van der Waals surface area contributed by atoms with Crippen LogP contribution in [0.2, 0.25) is 0 Å². The van der Waals surface area contributed by atoms with Gasteiger partial charge < -0.3 is 10.2 Å². The van der Waals surface area contributed by atoms with E-state index in [1.807, 2.05) is 0 Å². The summed E-state index contributed by atoms with van der Waals surface area (Å²) in [4.78, 5) is 2.47. The summed E-state index contributed by atoms with van der Waals surface area (Å²) in [5.41, 5.74) is 3.91. The highest BCUT2D eigenvalue weighted by molar-refractivity contribution is 5.85. The van der Waals surface area contributed by atoms with Crippen molar-refractivity contribution in [1.82, 2.24) is 0 Å². The summed E-state index contributed by atoms with van der Waals surface area (Å²) in [5.74, 6) is 0. The number of anilines is 2. The van der Waals surface area contributed by atoms with Crippen LogP contribution in [0.5, 0.6) is 0 Å². The normalized spacial score (nSPS) is 17.1. The van der Waals surface area contributed by atoms with Crippen molar-refractivity contribution in [1.29, 1.82) is 0 Å². The molecule has 0 fully saturated rings. The van der Waals surface area contributed by atoms with Gasteiger partial charge in [0, 0.05) is 19.1 Å². The number of rotatable bonds is 2. The third-order valence-corrected chi connectivity index (χ3v) is 3.53. The first-order valence-electron chi connectivity index (χ1n) is 6.48. The lowest BCUT2D eigenvalue weighted by atomic mass is 10.1. The van der Waals surface area contributed by atoms with Gasteiger partial charge in [0.2, 0.25) is 0 Å². The van der Waals surface area contributed by atoms with Gasteiger partial charge in [-0.2, -0.15) is 0 Å². The number of hydrogen-bond acceptors (Lipinski definition) is 2. The Morgan fingerprint density at radius 3 is 2.53 bits per heavy atom. The molecule has 1 aliphatic heterocycles. The van der Waals surface area contributed by atoms with Crippen LogP contribution in [0.25, 0.3) is 0 Å². The third kappa shape index (κ3) is 2.85. The number of halogens is 1.